The van der Waals surface area contributed by atoms with Crippen LogP contribution in [0.1, 0.15) is 72.8 Å². The second-order valence-electron chi connectivity index (χ2n) is 13.3. The van der Waals surface area contributed by atoms with E-state index in [9.17, 15) is 5.26 Å². The molecule has 2 saturated heterocycles. The molecule has 7 rings (SSSR count). The quantitative estimate of drug-likeness (QED) is 0.465. The van der Waals surface area contributed by atoms with E-state index >= 15 is 0 Å². The van der Waals surface area contributed by atoms with Crippen LogP contribution in [0.15, 0.2) is 10.6 Å². The van der Waals surface area contributed by atoms with Gasteiger partial charge in [-0.3, -0.25) is 0 Å². The van der Waals surface area contributed by atoms with E-state index < -0.39 is 0 Å². The van der Waals surface area contributed by atoms with E-state index in [1.165, 1.54) is 4.88 Å². The minimum absolute atomic E-state index is 0.333. The molecule has 3 aromatic rings. The Morgan fingerprint density at radius 3 is 2.65 bits per heavy atom. The van der Waals surface area contributed by atoms with E-state index in [2.05, 4.69) is 59.8 Å². The first-order valence-electron chi connectivity index (χ1n) is 15.9. The van der Waals surface area contributed by atoms with Crippen LogP contribution in [0.25, 0.3) is 11.5 Å². The highest BCUT2D eigenvalue weighted by atomic mass is 32.1. The van der Waals surface area contributed by atoms with E-state index in [0.29, 0.717) is 28.5 Å². The van der Waals surface area contributed by atoms with Gasteiger partial charge < -0.3 is 29.9 Å². The average molecular weight is 602 g/mol. The van der Waals surface area contributed by atoms with Gasteiger partial charge in [-0.25, -0.2) is 9.97 Å². The van der Waals surface area contributed by atoms with E-state index in [4.69, 9.17) is 25.4 Å². The third-order valence-electron chi connectivity index (χ3n) is 10.3. The first kappa shape index (κ1) is 28.6. The van der Waals surface area contributed by atoms with Crippen molar-refractivity contribution in [3.05, 3.63) is 33.4 Å². The van der Waals surface area contributed by atoms with Crippen LogP contribution < -0.4 is 15.5 Å². The summed E-state index contributed by atoms with van der Waals surface area (Å²) in [7, 11) is 6.52. The van der Waals surface area contributed by atoms with Gasteiger partial charge in [0.25, 0.3) is 0 Å². The molecule has 228 valence electrons. The zero-order valence-electron chi connectivity index (χ0n) is 25.9. The summed E-state index contributed by atoms with van der Waals surface area (Å²) in [5.74, 6) is 3.48. The molecule has 2 fully saturated rings. The maximum Gasteiger partial charge on any atom is 0.186 e. The van der Waals surface area contributed by atoms with Crippen molar-refractivity contribution < 1.29 is 4.52 Å². The summed E-state index contributed by atoms with van der Waals surface area (Å²) >= 11 is 1.58. The number of nitrogens with two attached hydrogens (primary N) is 1. The smallest absolute Gasteiger partial charge is 0.186 e. The monoisotopic (exact) mass is 601 g/mol. The molecule has 2 aliphatic heterocycles. The number of hydrogen-bond donors (Lipinski definition) is 1. The van der Waals surface area contributed by atoms with Crippen molar-refractivity contribution in [1.29, 1.82) is 5.26 Å². The predicted molar refractivity (Wildman–Crippen MR) is 171 cm³/mol. The van der Waals surface area contributed by atoms with Gasteiger partial charge in [0, 0.05) is 54.8 Å². The number of fused-ring (bicyclic) bond motifs is 4. The zero-order chi connectivity index (χ0) is 29.9. The number of rotatable bonds is 4. The Balaban J connectivity index is 1.34. The fourth-order valence-electron chi connectivity index (χ4n) is 8.14. The van der Waals surface area contributed by atoms with Crippen LogP contribution in [-0.2, 0) is 18.3 Å². The van der Waals surface area contributed by atoms with Gasteiger partial charge in [0.2, 0.25) is 0 Å². The first-order chi connectivity index (χ1) is 20.8. The Bertz CT molecular complexity index is 1550. The fourth-order valence-corrected chi connectivity index (χ4v) is 9.30. The van der Waals surface area contributed by atoms with Crippen molar-refractivity contribution in [2.45, 2.75) is 75.8 Å². The molecule has 43 heavy (non-hydrogen) atoms. The second-order valence-corrected chi connectivity index (χ2v) is 14.4. The Morgan fingerprint density at radius 1 is 1.09 bits per heavy atom. The minimum Gasteiger partial charge on any atom is -0.389 e. The Kier molecular flexibility index (Phi) is 7.35. The molecule has 0 saturated carbocycles. The highest BCUT2D eigenvalue weighted by Gasteiger charge is 2.49. The van der Waals surface area contributed by atoms with Crippen LogP contribution >= 0.6 is 11.3 Å². The van der Waals surface area contributed by atoms with Gasteiger partial charge >= 0.3 is 0 Å². The number of thiophene rings is 1. The van der Waals surface area contributed by atoms with Crippen LogP contribution in [0.2, 0.25) is 0 Å². The Morgan fingerprint density at radius 2 is 1.88 bits per heavy atom. The maximum absolute atomic E-state index is 10.1. The van der Waals surface area contributed by atoms with Crippen LogP contribution in [0.4, 0.5) is 16.6 Å². The number of aryl methyl sites for hydroxylation is 1. The van der Waals surface area contributed by atoms with Crippen molar-refractivity contribution >= 4 is 28.0 Å². The Hall–Kier alpha value is -3.20. The molecular formula is C32H43N9OS. The molecule has 0 amide bonds. The molecule has 11 heteroatoms. The number of nitrogens with zero attached hydrogens (tertiary/aromatic N) is 8. The van der Waals surface area contributed by atoms with Gasteiger partial charge in [-0.2, -0.15) is 5.26 Å². The maximum atomic E-state index is 10.1. The SMILES string of the molecule is C[C@H]1CN(C)CCCN1c1cc(N2CCC(N(C)C)C2)nc(-c2noc3c2CCC[C@@]32CCCc3sc(N)c(C#N)c32)n1. The summed E-state index contributed by atoms with van der Waals surface area (Å²) in [5.41, 5.74) is 9.61. The highest BCUT2D eigenvalue weighted by molar-refractivity contribution is 7.16. The van der Waals surface area contributed by atoms with Gasteiger partial charge in [-0.1, -0.05) is 5.16 Å². The molecule has 1 spiro atoms. The third kappa shape index (κ3) is 4.78. The molecule has 0 bridgehead atoms. The lowest BCUT2D eigenvalue weighted by molar-refractivity contribution is 0.265. The lowest BCUT2D eigenvalue weighted by Crippen LogP contribution is -2.38. The fraction of sp³-hybridized carbons (Fsp3) is 0.625. The molecule has 4 aliphatic rings. The summed E-state index contributed by atoms with van der Waals surface area (Å²) in [6, 6.07) is 5.46. The lowest BCUT2D eigenvalue weighted by Gasteiger charge is -2.39. The molecule has 5 heterocycles. The van der Waals surface area contributed by atoms with Gasteiger partial charge in [0.15, 0.2) is 17.3 Å². The zero-order valence-corrected chi connectivity index (χ0v) is 26.7. The molecule has 2 N–H and O–H groups in total. The molecule has 0 aromatic carbocycles. The normalized spacial score (nSPS) is 26.0. The van der Waals surface area contributed by atoms with Gasteiger partial charge in [-0.15, -0.1) is 11.3 Å². The van der Waals surface area contributed by atoms with Crippen LogP contribution in [-0.4, -0.2) is 90.9 Å². The number of nitrogen functional groups attached to an aromatic ring is 1. The first-order valence-corrected chi connectivity index (χ1v) is 16.7. The Labute approximate surface area is 258 Å². The van der Waals surface area contributed by atoms with E-state index in [1.807, 2.05) is 0 Å². The molecule has 3 atom stereocenters. The van der Waals surface area contributed by atoms with E-state index in [-0.39, 0.29) is 5.41 Å². The van der Waals surface area contributed by atoms with Crippen LogP contribution in [0, 0.1) is 11.3 Å². The summed E-state index contributed by atoms with van der Waals surface area (Å²) in [4.78, 5) is 21.2. The summed E-state index contributed by atoms with van der Waals surface area (Å²) in [6.45, 7) is 7.25. The van der Waals surface area contributed by atoms with Crippen LogP contribution in [0.5, 0.6) is 0 Å². The molecule has 2 aliphatic carbocycles. The molecule has 10 nitrogen and oxygen atoms in total. The largest absolute Gasteiger partial charge is 0.389 e. The highest BCUT2D eigenvalue weighted by Crippen LogP contribution is 2.55. The molecule has 3 aromatic heterocycles. The van der Waals surface area contributed by atoms with Gasteiger partial charge in [-0.05, 0) is 91.5 Å². The van der Waals surface area contributed by atoms with Gasteiger partial charge in [0.05, 0.1) is 11.0 Å². The third-order valence-corrected chi connectivity index (χ3v) is 11.4. The molecular weight excluding hydrogens is 558 g/mol. The summed E-state index contributed by atoms with van der Waals surface area (Å²) in [6.07, 6.45) is 7.97. The molecule has 1 unspecified atom stereocenters. The number of likely N-dealkylation sites (N-methyl/N-ethyl adjacent to an activating group) is 2. The van der Waals surface area contributed by atoms with Crippen molar-refractivity contribution in [2.24, 2.45) is 0 Å². The number of hydrogen-bond acceptors (Lipinski definition) is 11. The predicted octanol–water partition coefficient (Wildman–Crippen LogP) is 4.28. The topological polar surface area (TPSA) is 115 Å². The number of anilines is 3. The van der Waals surface area contributed by atoms with E-state index in [0.717, 1.165) is 118 Å². The average Bonchev–Trinajstić information content (AvgIpc) is 3.70. The van der Waals surface area contributed by atoms with E-state index in [1.54, 1.807) is 11.3 Å². The summed E-state index contributed by atoms with van der Waals surface area (Å²) < 4.78 is 6.34. The number of aromatic nitrogens is 3. The van der Waals surface area contributed by atoms with Crippen molar-refractivity contribution in [3.8, 4) is 17.6 Å². The van der Waals surface area contributed by atoms with Crippen LogP contribution in [0.3, 0.4) is 0 Å². The second kappa shape index (κ2) is 11.1. The van der Waals surface area contributed by atoms with Crippen molar-refractivity contribution in [3.63, 3.8) is 0 Å². The minimum atomic E-state index is -0.357. The van der Waals surface area contributed by atoms with Gasteiger partial charge in [0.1, 0.15) is 22.7 Å². The number of nitriles is 1. The lowest BCUT2D eigenvalue weighted by atomic mass is 9.63. The standard InChI is InChI=1S/C32H43N9OS/c1-20-18-39(4)13-7-14-41(20)26-16-25(40-15-10-21(19-40)38(2)3)35-31(36-26)28-22-8-5-11-32(29(22)42-37-28)12-6-9-24-27(32)23(17-33)30(34)43-24/h16,20-21H,5-15,18-19,34H2,1-4H3/t20-,21?,32-/m0/s1. The van der Waals surface area contributed by atoms with Crippen molar-refractivity contribution in [2.75, 3.05) is 69.4 Å². The van der Waals surface area contributed by atoms with Crippen molar-refractivity contribution in [1.82, 2.24) is 24.9 Å². The summed E-state index contributed by atoms with van der Waals surface area (Å²) in [5, 5.41) is 15.5. The molecule has 0 radical (unpaired) electrons.